The summed E-state index contributed by atoms with van der Waals surface area (Å²) in [4.78, 5) is 2.21. The molecule has 0 saturated carbocycles. The lowest BCUT2D eigenvalue weighted by molar-refractivity contribution is 0.301. The van der Waals surface area contributed by atoms with Crippen LogP contribution in [0, 0.1) is 0 Å². The zero-order chi connectivity index (χ0) is 17.3. The first-order valence-corrected chi connectivity index (χ1v) is 9.85. The Hall–Kier alpha value is -1.74. The second-order valence-corrected chi connectivity index (χ2v) is 8.55. The lowest BCUT2D eigenvalue weighted by atomic mass is 10.1. The van der Waals surface area contributed by atoms with E-state index < -0.39 is 10.0 Å². The maximum Gasteiger partial charge on any atom is 0.243 e. The summed E-state index contributed by atoms with van der Waals surface area (Å²) in [6, 6.07) is 8.12. The molecule has 1 atom stereocenters. The van der Waals surface area contributed by atoms with Gasteiger partial charge in [-0.1, -0.05) is 18.2 Å². The van der Waals surface area contributed by atoms with Gasteiger partial charge >= 0.3 is 0 Å². The Bertz CT molecular complexity index is 944. The number of aromatic nitrogens is 2. The summed E-state index contributed by atoms with van der Waals surface area (Å²) in [6.07, 6.45) is 2.85. The highest BCUT2D eigenvalue weighted by Crippen LogP contribution is 2.32. The van der Waals surface area contributed by atoms with Crippen molar-refractivity contribution in [2.75, 3.05) is 20.6 Å². The maximum atomic E-state index is 12.4. The number of likely N-dealkylation sites (N-methyl/N-ethyl adjacent to an activating group) is 1. The van der Waals surface area contributed by atoms with Crippen molar-refractivity contribution in [3.8, 4) is 0 Å². The van der Waals surface area contributed by atoms with E-state index in [4.69, 9.17) is 0 Å². The van der Waals surface area contributed by atoms with Gasteiger partial charge in [0.25, 0.3) is 0 Å². The average molecular weight is 364 g/mol. The third kappa shape index (κ3) is 3.36. The van der Waals surface area contributed by atoms with Crippen LogP contribution in [0.3, 0.4) is 0 Å². The summed E-state index contributed by atoms with van der Waals surface area (Å²) < 4.78 is 30.2. The van der Waals surface area contributed by atoms with Gasteiger partial charge in [0.05, 0.1) is 6.20 Å². The molecule has 1 aromatic carbocycles. The Morgan fingerprint density at radius 2 is 2.08 bits per heavy atom. The van der Waals surface area contributed by atoms with Crippen molar-refractivity contribution in [3.05, 3.63) is 47.6 Å². The molecule has 0 aliphatic carbocycles. The van der Waals surface area contributed by atoms with Crippen molar-refractivity contribution in [2.45, 2.75) is 10.9 Å². The molecule has 0 fully saturated rings. The topological polar surface area (TPSA) is 67.2 Å². The quantitative estimate of drug-likeness (QED) is 0.728. The van der Waals surface area contributed by atoms with Gasteiger partial charge in [0.15, 0.2) is 0 Å². The minimum atomic E-state index is -3.57. The first kappa shape index (κ1) is 17.1. The number of nitrogens with zero attached hydrogens (tertiary/aromatic N) is 3. The van der Waals surface area contributed by atoms with E-state index in [1.807, 2.05) is 31.1 Å². The Morgan fingerprint density at radius 3 is 2.75 bits per heavy atom. The van der Waals surface area contributed by atoms with Gasteiger partial charge in [-0.2, -0.15) is 5.10 Å². The van der Waals surface area contributed by atoms with E-state index in [9.17, 15) is 8.42 Å². The van der Waals surface area contributed by atoms with Gasteiger partial charge < -0.3 is 4.90 Å². The highest BCUT2D eigenvalue weighted by atomic mass is 32.2. The number of sulfonamides is 1. The molecule has 8 heteroatoms. The normalized spacial score (nSPS) is 13.7. The fourth-order valence-corrected chi connectivity index (χ4v) is 4.67. The van der Waals surface area contributed by atoms with Crippen molar-refractivity contribution in [1.82, 2.24) is 19.4 Å². The van der Waals surface area contributed by atoms with E-state index in [0.29, 0.717) is 6.54 Å². The molecule has 0 unspecified atom stereocenters. The van der Waals surface area contributed by atoms with Crippen molar-refractivity contribution < 1.29 is 8.42 Å². The van der Waals surface area contributed by atoms with Gasteiger partial charge in [0.1, 0.15) is 4.90 Å². The van der Waals surface area contributed by atoms with E-state index in [1.165, 1.54) is 27.2 Å². The van der Waals surface area contributed by atoms with Gasteiger partial charge in [-0.05, 0) is 36.5 Å². The van der Waals surface area contributed by atoms with E-state index >= 15 is 0 Å². The van der Waals surface area contributed by atoms with E-state index in [2.05, 4.69) is 27.3 Å². The molecule has 3 aromatic rings. The molecule has 2 aromatic heterocycles. The summed E-state index contributed by atoms with van der Waals surface area (Å²) in [5.74, 6) is 0. The molecule has 1 N–H and O–H groups in total. The van der Waals surface area contributed by atoms with Crippen molar-refractivity contribution >= 4 is 31.4 Å². The number of nitrogens with one attached hydrogen (secondary N) is 1. The third-order valence-electron chi connectivity index (χ3n) is 3.95. The minimum Gasteiger partial charge on any atom is -0.301 e. The van der Waals surface area contributed by atoms with Crippen molar-refractivity contribution in [3.63, 3.8) is 0 Å². The van der Waals surface area contributed by atoms with E-state index in [-0.39, 0.29) is 10.9 Å². The highest BCUT2D eigenvalue weighted by Gasteiger charge is 2.22. The van der Waals surface area contributed by atoms with Crippen LogP contribution in [0.1, 0.15) is 11.6 Å². The first-order valence-electron chi connectivity index (χ1n) is 7.49. The van der Waals surface area contributed by atoms with Gasteiger partial charge in [-0.15, -0.1) is 11.3 Å². The Kier molecular flexibility index (Phi) is 4.73. The number of fused-ring (bicyclic) bond motifs is 1. The molecule has 0 saturated heterocycles. The smallest absolute Gasteiger partial charge is 0.243 e. The zero-order valence-electron chi connectivity index (χ0n) is 13.8. The second kappa shape index (κ2) is 6.64. The van der Waals surface area contributed by atoms with Gasteiger partial charge in [-0.25, -0.2) is 13.1 Å². The molecule has 0 aliphatic rings. The van der Waals surface area contributed by atoms with Gasteiger partial charge in [-0.3, -0.25) is 4.68 Å². The van der Waals surface area contributed by atoms with Crippen molar-refractivity contribution in [1.29, 1.82) is 0 Å². The molecule has 24 heavy (non-hydrogen) atoms. The zero-order valence-corrected chi connectivity index (χ0v) is 15.4. The molecule has 2 heterocycles. The third-order valence-corrected chi connectivity index (χ3v) is 6.31. The van der Waals surface area contributed by atoms with E-state index in [1.54, 1.807) is 18.4 Å². The van der Waals surface area contributed by atoms with Gasteiger partial charge in [0, 0.05) is 30.5 Å². The Balaban J connectivity index is 1.85. The molecular weight excluding hydrogens is 344 g/mol. The minimum absolute atomic E-state index is 0.0485. The van der Waals surface area contributed by atoms with Crippen LogP contribution in [0.5, 0.6) is 0 Å². The molecule has 0 amide bonds. The molecular formula is C16H20N4O2S2. The molecule has 6 nitrogen and oxygen atoms in total. The number of benzene rings is 1. The summed E-state index contributed by atoms with van der Waals surface area (Å²) in [6.45, 7) is 0.297. The lowest BCUT2D eigenvalue weighted by Crippen LogP contribution is -2.34. The average Bonchev–Trinajstić information content (AvgIpc) is 3.14. The fraction of sp³-hybridized carbons (Fsp3) is 0.312. The monoisotopic (exact) mass is 364 g/mol. The highest BCUT2D eigenvalue weighted by molar-refractivity contribution is 7.89. The lowest BCUT2D eigenvalue weighted by Gasteiger charge is -2.24. The van der Waals surface area contributed by atoms with Crippen LogP contribution in [0.4, 0.5) is 0 Å². The molecule has 0 radical (unpaired) electrons. The molecule has 3 rings (SSSR count). The largest absolute Gasteiger partial charge is 0.301 e. The number of rotatable bonds is 6. The molecule has 0 bridgehead atoms. The Labute approximate surface area is 145 Å². The van der Waals surface area contributed by atoms with Crippen LogP contribution in [0.2, 0.25) is 0 Å². The maximum absolute atomic E-state index is 12.4. The summed E-state index contributed by atoms with van der Waals surface area (Å²) >= 11 is 1.68. The van der Waals surface area contributed by atoms with Crippen LogP contribution >= 0.6 is 11.3 Å². The fourth-order valence-electron chi connectivity index (χ4n) is 2.64. The SMILES string of the molecule is CN(C)[C@H](CNS(=O)(=O)c1cnn(C)c1)c1csc2ccccc12. The standard InChI is InChI=1S/C16H20N4O2S2/c1-19(2)15(14-11-23-16-7-5-4-6-13(14)16)9-18-24(21,22)12-8-17-20(3)10-12/h4-8,10-11,15,18H,9H2,1-3H3/t15-/m1/s1. The molecule has 0 aliphatic heterocycles. The number of thiophene rings is 1. The number of hydrogen-bond donors (Lipinski definition) is 1. The first-order chi connectivity index (χ1) is 11.4. The second-order valence-electron chi connectivity index (χ2n) is 5.87. The van der Waals surface area contributed by atoms with Crippen LogP contribution in [-0.4, -0.2) is 43.7 Å². The van der Waals surface area contributed by atoms with Crippen LogP contribution in [0.15, 0.2) is 46.9 Å². The van der Waals surface area contributed by atoms with Crippen molar-refractivity contribution in [2.24, 2.45) is 7.05 Å². The number of hydrogen-bond acceptors (Lipinski definition) is 5. The van der Waals surface area contributed by atoms with E-state index in [0.717, 1.165) is 5.56 Å². The number of aryl methyl sites for hydroxylation is 1. The predicted octanol–water partition coefficient (Wildman–Crippen LogP) is 2.22. The summed E-state index contributed by atoms with van der Waals surface area (Å²) in [7, 11) is 2.03. The summed E-state index contributed by atoms with van der Waals surface area (Å²) in [5.41, 5.74) is 1.13. The van der Waals surface area contributed by atoms with Gasteiger partial charge in [0.2, 0.25) is 10.0 Å². The van der Waals surface area contributed by atoms with Crippen LogP contribution in [0.25, 0.3) is 10.1 Å². The Morgan fingerprint density at radius 1 is 1.33 bits per heavy atom. The molecule has 0 spiro atoms. The molecule has 128 valence electrons. The van der Waals surface area contributed by atoms with Crippen LogP contribution < -0.4 is 4.72 Å². The predicted molar refractivity (Wildman–Crippen MR) is 96.6 cm³/mol. The summed E-state index contributed by atoms with van der Waals surface area (Å²) in [5, 5.41) is 7.20. The van der Waals surface area contributed by atoms with Crippen LogP contribution in [-0.2, 0) is 17.1 Å².